The number of hydrogen-bond donors (Lipinski definition) is 1. The lowest BCUT2D eigenvalue weighted by molar-refractivity contribution is -0.116. The summed E-state index contributed by atoms with van der Waals surface area (Å²) in [5, 5.41) is 2.74. The average Bonchev–Trinajstić information content (AvgIpc) is 2.68. The van der Waals surface area contributed by atoms with Crippen molar-refractivity contribution in [3.05, 3.63) is 46.4 Å². The summed E-state index contributed by atoms with van der Waals surface area (Å²) in [6.07, 6.45) is 0. The van der Waals surface area contributed by atoms with Crippen molar-refractivity contribution in [3.8, 4) is 17.2 Å². The Morgan fingerprint density at radius 3 is 2.04 bits per heavy atom. The largest absolute Gasteiger partial charge is 0.497 e. The van der Waals surface area contributed by atoms with Crippen molar-refractivity contribution in [2.45, 2.75) is 0 Å². The number of rotatable bonds is 7. The van der Waals surface area contributed by atoms with Crippen molar-refractivity contribution in [3.63, 3.8) is 0 Å². The third kappa shape index (κ3) is 5.13. The van der Waals surface area contributed by atoms with Crippen molar-refractivity contribution in [1.82, 2.24) is 4.90 Å². The Kier molecular flexibility index (Phi) is 7.06. The van der Waals surface area contributed by atoms with Gasteiger partial charge in [0.1, 0.15) is 21.7 Å². The van der Waals surface area contributed by atoms with Crippen molar-refractivity contribution >= 4 is 33.4 Å². The fraction of sp³-hybridized carbons (Fsp3) is 0.263. The number of carbonyl (C=O) groups excluding carboxylic acids is 2. The molecule has 0 unspecified atom stereocenters. The zero-order valence-electron chi connectivity index (χ0n) is 15.5. The highest BCUT2D eigenvalue weighted by Crippen LogP contribution is 2.35. The molecule has 0 aromatic heterocycles. The van der Waals surface area contributed by atoms with E-state index in [1.54, 1.807) is 50.6 Å². The van der Waals surface area contributed by atoms with Gasteiger partial charge in [-0.05, 0) is 52.3 Å². The Morgan fingerprint density at radius 1 is 1.00 bits per heavy atom. The first-order chi connectivity index (χ1) is 12.9. The predicted octanol–water partition coefficient (Wildman–Crippen LogP) is 3.19. The van der Waals surface area contributed by atoms with E-state index in [9.17, 15) is 9.59 Å². The minimum absolute atomic E-state index is 0.106. The van der Waals surface area contributed by atoms with Crippen molar-refractivity contribution in [2.24, 2.45) is 0 Å². The molecule has 0 heterocycles. The zero-order valence-corrected chi connectivity index (χ0v) is 17.1. The summed E-state index contributed by atoms with van der Waals surface area (Å²) in [4.78, 5) is 26.2. The van der Waals surface area contributed by atoms with Crippen LogP contribution in [-0.2, 0) is 4.79 Å². The van der Waals surface area contributed by atoms with Crippen molar-refractivity contribution in [2.75, 3.05) is 40.2 Å². The molecule has 7 nitrogen and oxygen atoms in total. The second kappa shape index (κ2) is 9.27. The molecule has 0 bridgehead atoms. The second-order valence-electron chi connectivity index (χ2n) is 5.63. The molecule has 0 aliphatic heterocycles. The Morgan fingerprint density at radius 2 is 1.56 bits per heavy atom. The first kappa shape index (κ1) is 20.6. The summed E-state index contributed by atoms with van der Waals surface area (Å²) in [6, 6.07) is 10.1. The normalized spacial score (nSPS) is 10.1. The van der Waals surface area contributed by atoms with Gasteiger partial charge in [0, 0.05) is 18.3 Å². The Bertz CT molecular complexity index is 798. The number of methoxy groups -OCH3 is 3. The molecule has 0 spiro atoms. The molecule has 1 N–H and O–H groups in total. The number of benzene rings is 2. The molecular formula is C19H21BrN2O5. The Hall–Kier alpha value is -2.74. The lowest BCUT2D eigenvalue weighted by Gasteiger charge is -2.18. The lowest BCUT2D eigenvalue weighted by Crippen LogP contribution is -2.35. The molecule has 0 saturated heterocycles. The molecule has 2 aromatic carbocycles. The van der Waals surface area contributed by atoms with Crippen LogP contribution in [0.25, 0.3) is 0 Å². The molecule has 0 atom stereocenters. The lowest BCUT2D eigenvalue weighted by atomic mass is 10.1. The minimum Gasteiger partial charge on any atom is -0.497 e. The van der Waals surface area contributed by atoms with E-state index in [-0.39, 0.29) is 18.4 Å². The second-order valence-corrected chi connectivity index (χ2v) is 6.43. The third-order valence-corrected chi connectivity index (χ3v) is 4.58. The van der Waals surface area contributed by atoms with Gasteiger partial charge >= 0.3 is 0 Å². The summed E-state index contributed by atoms with van der Waals surface area (Å²) in [5.41, 5.74) is 0.972. The highest BCUT2D eigenvalue weighted by Gasteiger charge is 2.19. The van der Waals surface area contributed by atoms with Crippen LogP contribution in [0, 0.1) is 0 Å². The molecule has 2 amide bonds. The molecular weight excluding hydrogens is 416 g/mol. The molecule has 0 fully saturated rings. The van der Waals surface area contributed by atoms with Gasteiger partial charge in [-0.25, -0.2) is 0 Å². The molecule has 2 rings (SSSR count). The van der Waals surface area contributed by atoms with Crippen LogP contribution >= 0.6 is 15.9 Å². The van der Waals surface area contributed by atoms with Gasteiger partial charge < -0.3 is 24.4 Å². The standard InChI is InChI=1S/C19H21BrN2O5/c1-22(11-17(23)21-13-5-7-14(25-2)8-6-13)19(24)12-9-15(26-3)18(20)16(10-12)27-4/h5-10H,11H2,1-4H3,(H,21,23). The third-order valence-electron chi connectivity index (χ3n) is 3.79. The van der Waals surface area contributed by atoms with E-state index >= 15 is 0 Å². The Labute approximate surface area is 166 Å². The highest BCUT2D eigenvalue weighted by molar-refractivity contribution is 9.10. The first-order valence-corrected chi connectivity index (χ1v) is 8.79. The SMILES string of the molecule is COc1ccc(NC(=O)CN(C)C(=O)c2cc(OC)c(Br)c(OC)c2)cc1. The number of anilines is 1. The summed E-state index contributed by atoms with van der Waals surface area (Å²) in [5.74, 6) is 0.983. The minimum atomic E-state index is -0.330. The van der Waals surface area contributed by atoms with Gasteiger partial charge in [-0.3, -0.25) is 9.59 Å². The van der Waals surface area contributed by atoms with Crippen LogP contribution in [0.15, 0.2) is 40.9 Å². The van der Waals surface area contributed by atoms with Crippen molar-refractivity contribution in [1.29, 1.82) is 0 Å². The van der Waals surface area contributed by atoms with Gasteiger partial charge in [0.2, 0.25) is 5.91 Å². The van der Waals surface area contributed by atoms with Gasteiger partial charge in [0.05, 0.1) is 27.9 Å². The van der Waals surface area contributed by atoms with Crippen LogP contribution in [0.3, 0.4) is 0 Å². The fourth-order valence-corrected chi connectivity index (χ4v) is 2.93. The number of carbonyl (C=O) groups is 2. The summed E-state index contributed by atoms with van der Waals surface area (Å²) >= 11 is 3.36. The van der Waals surface area contributed by atoms with Gasteiger partial charge in [-0.2, -0.15) is 0 Å². The van der Waals surface area contributed by atoms with E-state index in [0.717, 1.165) is 0 Å². The quantitative estimate of drug-likeness (QED) is 0.720. The average molecular weight is 437 g/mol. The number of hydrogen-bond acceptors (Lipinski definition) is 5. The number of ether oxygens (including phenoxy) is 3. The van der Waals surface area contributed by atoms with Crippen LogP contribution in [-0.4, -0.2) is 51.6 Å². The molecule has 0 aliphatic carbocycles. The van der Waals surface area contributed by atoms with Gasteiger partial charge in [-0.1, -0.05) is 0 Å². The molecule has 27 heavy (non-hydrogen) atoms. The highest BCUT2D eigenvalue weighted by atomic mass is 79.9. The predicted molar refractivity (Wildman–Crippen MR) is 106 cm³/mol. The number of nitrogens with zero attached hydrogens (tertiary/aromatic N) is 1. The van der Waals surface area contributed by atoms with Crippen molar-refractivity contribution < 1.29 is 23.8 Å². The smallest absolute Gasteiger partial charge is 0.254 e. The maximum absolute atomic E-state index is 12.7. The van der Waals surface area contributed by atoms with Crippen LogP contribution in [0.2, 0.25) is 0 Å². The number of amides is 2. The fourth-order valence-electron chi connectivity index (χ4n) is 2.38. The van der Waals surface area contributed by atoms with Gasteiger partial charge in [-0.15, -0.1) is 0 Å². The van der Waals surface area contributed by atoms with E-state index in [4.69, 9.17) is 14.2 Å². The summed E-state index contributed by atoms with van der Waals surface area (Å²) < 4.78 is 16.2. The van der Waals surface area contributed by atoms with Crippen LogP contribution in [0.1, 0.15) is 10.4 Å². The first-order valence-electron chi connectivity index (χ1n) is 8.00. The van der Waals surface area contributed by atoms with Gasteiger partial charge in [0.25, 0.3) is 5.91 Å². The van der Waals surface area contributed by atoms with E-state index in [1.165, 1.54) is 19.1 Å². The molecule has 144 valence electrons. The van der Waals surface area contributed by atoms with E-state index in [1.807, 2.05) is 0 Å². The van der Waals surface area contributed by atoms with Crippen LogP contribution < -0.4 is 19.5 Å². The Balaban J connectivity index is 2.07. The molecule has 0 radical (unpaired) electrons. The molecule has 8 heteroatoms. The van der Waals surface area contributed by atoms with E-state index < -0.39 is 0 Å². The maximum atomic E-state index is 12.7. The molecule has 2 aromatic rings. The maximum Gasteiger partial charge on any atom is 0.254 e. The van der Waals surface area contributed by atoms with Gasteiger partial charge in [0.15, 0.2) is 0 Å². The number of likely N-dealkylation sites (N-methyl/N-ethyl adjacent to an activating group) is 1. The monoisotopic (exact) mass is 436 g/mol. The molecule has 0 saturated carbocycles. The topological polar surface area (TPSA) is 77.1 Å². The number of halogens is 1. The number of nitrogens with one attached hydrogen (secondary N) is 1. The van der Waals surface area contributed by atoms with E-state index in [2.05, 4.69) is 21.2 Å². The zero-order chi connectivity index (χ0) is 20.0. The molecule has 0 aliphatic rings. The van der Waals surface area contributed by atoms with E-state index in [0.29, 0.717) is 33.0 Å². The van der Waals surface area contributed by atoms with Crippen LogP contribution in [0.4, 0.5) is 5.69 Å². The summed E-state index contributed by atoms with van der Waals surface area (Å²) in [7, 11) is 6.12. The van der Waals surface area contributed by atoms with Crippen LogP contribution in [0.5, 0.6) is 17.2 Å². The summed E-state index contributed by atoms with van der Waals surface area (Å²) in [6.45, 7) is -0.106.